The van der Waals surface area contributed by atoms with E-state index in [2.05, 4.69) is 20.8 Å². The lowest BCUT2D eigenvalue weighted by molar-refractivity contribution is -0.127. The molecule has 0 aromatic carbocycles. The van der Waals surface area contributed by atoms with Crippen molar-refractivity contribution in [2.75, 3.05) is 18.4 Å². The molecule has 2 N–H and O–H groups in total. The number of hydrogen-bond donors (Lipinski definition) is 2. The highest BCUT2D eigenvalue weighted by atomic mass is 32.1. The van der Waals surface area contributed by atoms with Crippen LogP contribution in [0.4, 0.5) is 9.93 Å². The smallest absolute Gasteiger partial charge is 0.321 e. The van der Waals surface area contributed by atoms with Crippen molar-refractivity contribution >= 4 is 28.4 Å². The van der Waals surface area contributed by atoms with Gasteiger partial charge in [0.25, 0.3) is 0 Å². The van der Waals surface area contributed by atoms with Crippen LogP contribution >= 0.6 is 11.3 Å². The molecule has 1 aliphatic rings. The van der Waals surface area contributed by atoms with E-state index in [0.717, 1.165) is 13.0 Å². The van der Waals surface area contributed by atoms with E-state index in [0.29, 0.717) is 18.1 Å². The maximum Gasteiger partial charge on any atom is 0.321 e. The Morgan fingerprint density at radius 2 is 2.50 bits per heavy atom. The van der Waals surface area contributed by atoms with E-state index in [1.54, 1.807) is 10.4 Å². The largest absolute Gasteiger partial charge is 0.341 e. The number of aromatic nitrogens is 2. The fraction of sp³-hybridized carbons (Fsp3) is 0.600. The molecule has 1 unspecified atom stereocenters. The summed E-state index contributed by atoms with van der Waals surface area (Å²) in [5, 5.41) is 13.1. The molecule has 8 heteroatoms. The number of likely N-dealkylation sites (tertiary alicyclic amines) is 1. The maximum atomic E-state index is 11.6. The zero-order valence-corrected chi connectivity index (χ0v) is 10.9. The van der Waals surface area contributed by atoms with Crippen LogP contribution in [0.15, 0.2) is 5.51 Å². The second-order valence-electron chi connectivity index (χ2n) is 4.19. The highest BCUT2D eigenvalue weighted by Crippen LogP contribution is 2.10. The second-order valence-corrected chi connectivity index (χ2v) is 5.02. The summed E-state index contributed by atoms with van der Waals surface area (Å²) in [7, 11) is 0. The van der Waals surface area contributed by atoms with Gasteiger partial charge in [0.1, 0.15) is 5.51 Å². The summed E-state index contributed by atoms with van der Waals surface area (Å²) in [6.07, 6.45) is 1.52. The van der Waals surface area contributed by atoms with Crippen LogP contribution in [0.1, 0.15) is 19.8 Å². The zero-order chi connectivity index (χ0) is 13.0. The predicted molar refractivity (Wildman–Crippen MR) is 67.3 cm³/mol. The van der Waals surface area contributed by atoms with Crippen LogP contribution in [0.5, 0.6) is 0 Å². The molecular weight excluding hydrogens is 254 g/mol. The molecule has 3 amide bonds. The minimum absolute atomic E-state index is 0.0972. The van der Waals surface area contributed by atoms with Crippen molar-refractivity contribution in [2.45, 2.75) is 25.8 Å². The SMILES string of the molecule is CC(CN1CCCC1=O)NC(=O)Nc1nncs1. The number of carbonyl (C=O) groups excluding carboxylic acids is 2. The predicted octanol–water partition coefficient (Wildman–Crippen LogP) is 0.670. The molecule has 98 valence electrons. The van der Waals surface area contributed by atoms with Crippen LogP contribution in [-0.2, 0) is 4.79 Å². The Labute approximate surface area is 109 Å². The summed E-state index contributed by atoms with van der Waals surface area (Å²) in [4.78, 5) is 24.8. The number of urea groups is 1. The first kappa shape index (κ1) is 12.7. The summed E-state index contributed by atoms with van der Waals surface area (Å²) < 4.78 is 0. The quantitative estimate of drug-likeness (QED) is 0.841. The van der Waals surface area contributed by atoms with Crippen LogP contribution in [-0.4, -0.2) is 46.2 Å². The van der Waals surface area contributed by atoms with E-state index in [1.807, 2.05) is 6.92 Å². The van der Waals surface area contributed by atoms with Gasteiger partial charge in [-0.1, -0.05) is 11.3 Å². The van der Waals surface area contributed by atoms with Gasteiger partial charge in [0.05, 0.1) is 0 Å². The van der Waals surface area contributed by atoms with Crippen molar-refractivity contribution < 1.29 is 9.59 Å². The monoisotopic (exact) mass is 269 g/mol. The molecule has 0 saturated carbocycles. The van der Waals surface area contributed by atoms with E-state index in [-0.39, 0.29) is 18.0 Å². The van der Waals surface area contributed by atoms with Gasteiger partial charge in [-0.2, -0.15) is 0 Å². The Bertz CT molecular complexity index is 422. The lowest BCUT2D eigenvalue weighted by atomic mass is 10.3. The van der Waals surface area contributed by atoms with Crippen molar-refractivity contribution in [3.63, 3.8) is 0 Å². The molecule has 1 aromatic heterocycles. The third-order valence-corrected chi connectivity index (χ3v) is 3.23. The molecule has 18 heavy (non-hydrogen) atoms. The van der Waals surface area contributed by atoms with E-state index >= 15 is 0 Å². The van der Waals surface area contributed by atoms with E-state index in [1.165, 1.54) is 11.3 Å². The van der Waals surface area contributed by atoms with E-state index in [9.17, 15) is 9.59 Å². The molecule has 1 saturated heterocycles. The number of carbonyl (C=O) groups is 2. The first-order valence-electron chi connectivity index (χ1n) is 5.76. The first-order valence-corrected chi connectivity index (χ1v) is 6.64. The average molecular weight is 269 g/mol. The highest BCUT2D eigenvalue weighted by molar-refractivity contribution is 7.13. The van der Waals surface area contributed by atoms with Crippen LogP contribution in [0.2, 0.25) is 0 Å². The van der Waals surface area contributed by atoms with Crippen LogP contribution in [0, 0.1) is 0 Å². The Kier molecular flexibility index (Phi) is 4.08. The fourth-order valence-electron chi connectivity index (χ4n) is 1.86. The third-order valence-electron chi connectivity index (χ3n) is 2.62. The van der Waals surface area contributed by atoms with Gasteiger partial charge in [0.15, 0.2) is 0 Å². The van der Waals surface area contributed by atoms with Crippen molar-refractivity contribution in [1.82, 2.24) is 20.4 Å². The topological polar surface area (TPSA) is 87.2 Å². The molecule has 0 radical (unpaired) electrons. The van der Waals surface area contributed by atoms with E-state index < -0.39 is 0 Å². The number of hydrogen-bond acceptors (Lipinski definition) is 5. The van der Waals surface area contributed by atoms with Gasteiger partial charge in [-0.25, -0.2) is 4.79 Å². The van der Waals surface area contributed by atoms with Crippen LogP contribution in [0.3, 0.4) is 0 Å². The summed E-state index contributed by atoms with van der Waals surface area (Å²) >= 11 is 1.25. The van der Waals surface area contributed by atoms with Crippen LogP contribution in [0.25, 0.3) is 0 Å². The van der Waals surface area contributed by atoms with Crippen molar-refractivity contribution in [2.24, 2.45) is 0 Å². The van der Waals surface area contributed by atoms with Gasteiger partial charge in [0, 0.05) is 25.6 Å². The molecule has 1 aliphatic heterocycles. The minimum Gasteiger partial charge on any atom is -0.341 e. The van der Waals surface area contributed by atoms with Gasteiger partial charge >= 0.3 is 6.03 Å². The Morgan fingerprint density at radius 3 is 3.11 bits per heavy atom. The molecular formula is C10H15N5O2S. The molecule has 1 atom stereocenters. The second kappa shape index (κ2) is 5.76. The Balaban J connectivity index is 1.75. The number of rotatable bonds is 4. The molecule has 1 aromatic rings. The Hall–Kier alpha value is -1.70. The summed E-state index contributed by atoms with van der Waals surface area (Å²) in [6.45, 7) is 3.19. The van der Waals surface area contributed by atoms with Gasteiger partial charge in [0.2, 0.25) is 11.0 Å². The molecule has 1 fully saturated rings. The Morgan fingerprint density at radius 1 is 1.67 bits per heavy atom. The maximum absolute atomic E-state index is 11.6. The van der Waals surface area contributed by atoms with Gasteiger partial charge in [-0.05, 0) is 13.3 Å². The number of amides is 3. The zero-order valence-electron chi connectivity index (χ0n) is 10.0. The molecule has 7 nitrogen and oxygen atoms in total. The standard InChI is InChI=1S/C10H15N5O2S/c1-7(5-15-4-2-3-8(15)16)12-9(17)13-10-14-11-6-18-10/h6-7H,2-5H2,1H3,(H2,12,13,14,17). The lowest BCUT2D eigenvalue weighted by Gasteiger charge is -2.21. The molecule has 2 rings (SSSR count). The van der Waals surface area contributed by atoms with Gasteiger partial charge in [-0.3, -0.25) is 10.1 Å². The average Bonchev–Trinajstić information content (AvgIpc) is 2.91. The van der Waals surface area contributed by atoms with Crippen LogP contribution < -0.4 is 10.6 Å². The first-order chi connectivity index (χ1) is 8.65. The fourth-order valence-corrected chi connectivity index (χ4v) is 2.30. The molecule has 0 bridgehead atoms. The molecule has 2 heterocycles. The molecule has 0 spiro atoms. The summed E-state index contributed by atoms with van der Waals surface area (Å²) in [5.41, 5.74) is 1.54. The number of anilines is 1. The number of nitrogens with one attached hydrogen (secondary N) is 2. The van der Waals surface area contributed by atoms with E-state index in [4.69, 9.17) is 0 Å². The van der Waals surface area contributed by atoms with Crippen molar-refractivity contribution in [3.8, 4) is 0 Å². The number of nitrogens with zero attached hydrogens (tertiary/aromatic N) is 3. The molecule has 0 aliphatic carbocycles. The van der Waals surface area contributed by atoms with Gasteiger partial charge < -0.3 is 10.2 Å². The minimum atomic E-state index is -0.328. The van der Waals surface area contributed by atoms with Gasteiger partial charge in [-0.15, -0.1) is 10.2 Å². The highest BCUT2D eigenvalue weighted by Gasteiger charge is 2.22. The summed E-state index contributed by atoms with van der Waals surface area (Å²) in [6, 6.07) is -0.425. The lowest BCUT2D eigenvalue weighted by Crippen LogP contribution is -2.44. The van der Waals surface area contributed by atoms with Crippen molar-refractivity contribution in [1.29, 1.82) is 0 Å². The van der Waals surface area contributed by atoms with Crippen molar-refractivity contribution in [3.05, 3.63) is 5.51 Å². The summed E-state index contributed by atoms with van der Waals surface area (Å²) in [5.74, 6) is 0.160. The third kappa shape index (κ3) is 3.39. The normalized spacial score (nSPS) is 16.7.